The zero-order valence-corrected chi connectivity index (χ0v) is 10.3. The number of thioether (sulfide) groups is 1. The van der Waals surface area contributed by atoms with Crippen molar-refractivity contribution in [3.05, 3.63) is 27.5 Å². The molecule has 0 aliphatic carbocycles. The van der Waals surface area contributed by atoms with E-state index < -0.39 is 0 Å². The van der Waals surface area contributed by atoms with Crippen LogP contribution in [-0.4, -0.2) is 4.98 Å². The molecule has 0 aromatic carbocycles. The predicted molar refractivity (Wildman–Crippen MR) is 65.4 cm³/mol. The third-order valence-electron chi connectivity index (χ3n) is 1.49. The number of thiophene rings is 1. The van der Waals surface area contributed by atoms with Gasteiger partial charge in [0.15, 0.2) is 5.13 Å². The van der Waals surface area contributed by atoms with Crippen LogP contribution in [0, 0.1) is 0 Å². The van der Waals surface area contributed by atoms with E-state index in [1.54, 1.807) is 29.3 Å². The van der Waals surface area contributed by atoms with Crippen molar-refractivity contribution < 1.29 is 0 Å². The molecule has 0 bridgehead atoms. The summed E-state index contributed by atoms with van der Waals surface area (Å²) in [6, 6.07) is 3.97. The second-order valence-electron chi connectivity index (χ2n) is 2.51. The minimum absolute atomic E-state index is 0.622. The summed E-state index contributed by atoms with van der Waals surface area (Å²) in [6.07, 6.45) is 1.81. The number of anilines is 1. The highest BCUT2D eigenvalue weighted by atomic mass is 35.5. The molecule has 2 aromatic heterocycles. The molecule has 0 aliphatic heterocycles. The van der Waals surface area contributed by atoms with Gasteiger partial charge in [0.1, 0.15) is 0 Å². The van der Waals surface area contributed by atoms with Crippen molar-refractivity contribution in [1.82, 2.24) is 4.98 Å². The predicted octanol–water partition coefficient (Wildman–Crippen LogP) is 3.73. The van der Waals surface area contributed by atoms with Crippen LogP contribution in [0.4, 0.5) is 5.13 Å². The number of thiazole rings is 1. The Labute approximate surface area is 99.1 Å². The smallest absolute Gasteiger partial charge is 0.181 e. The molecule has 0 unspecified atom stereocenters. The van der Waals surface area contributed by atoms with Gasteiger partial charge in [-0.2, -0.15) is 0 Å². The highest BCUT2D eigenvalue weighted by Crippen LogP contribution is 2.32. The van der Waals surface area contributed by atoms with E-state index in [4.69, 9.17) is 17.3 Å². The maximum Gasteiger partial charge on any atom is 0.181 e. The van der Waals surface area contributed by atoms with E-state index in [1.807, 2.05) is 12.1 Å². The van der Waals surface area contributed by atoms with Crippen LogP contribution in [-0.2, 0) is 5.75 Å². The van der Waals surface area contributed by atoms with E-state index >= 15 is 0 Å². The van der Waals surface area contributed by atoms with Crippen molar-refractivity contribution >= 4 is 51.2 Å². The molecule has 0 atom stereocenters. The summed E-state index contributed by atoms with van der Waals surface area (Å²) < 4.78 is 1.98. The number of hydrogen-bond acceptors (Lipinski definition) is 5. The fraction of sp³-hybridized carbons (Fsp3) is 0.125. The van der Waals surface area contributed by atoms with E-state index in [9.17, 15) is 0 Å². The van der Waals surface area contributed by atoms with E-state index in [-0.39, 0.29) is 0 Å². The van der Waals surface area contributed by atoms with Crippen molar-refractivity contribution in [2.24, 2.45) is 0 Å². The summed E-state index contributed by atoms with van der Waals surface area (Å²) in [5.41, 5.74) is 5.53. The summed E-state index contributed by atoms with van der Waals surface area (Å²) in [5.74, 6) is 0.930. The van der Waals surface area contributed by atoms with Crippen molar-refractivity contribution in [2.45, 2.75) is 9.96 Å². The normalized spacial score (nSPS) is 10.6. The summed E-state index contributed by atoms with van der Waals surface area (Å²) >= 11 is 10.7. The topological polar surface area (TPSA) is 38.9 Å². The molecule has 14 heavy (non-hydrogen) atoms. The Morgan fingerprint density at radius 2 is 2.29 bits per heavy atom. The van der Waals surface area contributed by atoms with E-state index in [0.717, 1.165) is 14.3 Å². The zero-order valence-electron chi connectivity index (χ0n) is 7.07. The highest BCUT2D eigenvalue weighted by Gasteiger charge is 2.02. The van der Waals surface area contributed by atoms with E-state index in [0.29, 0.717) is 5.13 Å². The quantitative estimate of drug-likeness (QED) is 0.857. The third kappa shape index (κ3) is 2.63. The van der Waals surface area contributed by atoms with Gasteiger partial charge < -0.3 is 5.73 Å². The van der Waals surface area contributed by atoms with Gasteiger partial charge in [0.05, 0.1) is 14.7 Å². The molecule has 74 valence electrons. The Kier molecular flexibility index (Phi) is 3.33. The monoisotopic (exact) mass is 262 g/mol. The van der Waals surface area contributed by atoms with Crippen LogP contribution < -0.4 is 5.73 Å². The fourth-order valence-electron chi connectivity index (χ4n) is 0.910. The number of nitrogens with zero attached hydrogens (tertiary/aromatic N) is 1. The molecule has 2 aromatic rings. The molecule has 0 radical (unpaired) electrons. The highest BCUT2D eigenvalue weighted by molar-refractivity contribution is 8.00. The van der Waals surface area contributed by atoms with Crippen LogP contribution >= 0.6 is 46.0 Å². The molecule has 0 fully saturated rings. The first kappa shape index (κ1) is 10.3. The number of nitrogens with two attached hydrogens (primary N) is 1. The number of aromatic nitrogens is 1. The van der Waals surface area contributed by atoms with Crippen LogP contribution in [0.5, 0.6) is 0 Å². The molecular weight excluding hydrogens is 256 g/mol. The lowest BCUT2D eigenvalue weighted by molar-refractivity contribution is 1.37. The van der Waals surface area contributed by atoms with Gasteiger partial charge in [0.25, 0.3) is 0 Å². The van der Waals surface area contributed by atoms with Gasteiger partial charge in [-0.1, -0.05) is 22.9 Å². The average molecular weight is 263 g/mol. The lowest BCUT2D eigenvalue weighted by Gasteiger charge is -1.92. The molecule has 2 N–H and O–H groups in total. The lowest BCUT2D eigenvalue weighted by Crippen LogP contribution is -1.77. The number of hydrogen-bond donors (Lipinski definition) is 1. The maximum atomic E-state index is 5.83. The Hall–Kier alpha value is -0.230. The lowest BCUT2D eigenvalue weighted by atomic mass is 10.5. The van der Waals surface area contributed by atoms with Crippen molar-refractivity contribution in [3.63, 3.8) is 0 Å². The number of nitrogen functional groups attached to an aromatic ring is 1. The first-order valence-electron chi connectivity index (χ1n) is 3.82. The first-order valence-corrected chi connectivity index (χ1v) is 6.82. The van der Waals surface area contributed by atoms with Gasteiger partial charge in [-0.15, -0.1) is 23.1 Å². The molecule has 2 rings (SSSR count). The maximum absolute atomic E-state index is 5.83. The molecule has 2 heterocycles. The molecule has 6 heteroatoms. The zero-order chi connectivity index (χ0) is 9.97. The summed E-state index contributed by atoms with van der Waals surface area (Å²) in [5, 5.41) is 0.622. The van der Waals surface area contributed by atoms with Gasteiger partial charge in [-0.05, 0) is 12.1 Å². The molecular formula is C8H7ClN2S3. The molecule has 0 amide bonds. The second kappa shape index (κ2) is 4.53. The van der Waals surface area contributed by atoms with Crippen LogP contribution in [0.25, 0.3) is 0 Å². The van der Waals surface area contributed by atoms with Gasteiger partial charge in [0.2, 0.25) is 0 Å². The van der Waals surface area contributed by atoms with Gasteiger partial charge >= 0.3 is 0 Å². The van der Waals surface area contributed by atoms with Gasteiger partial charge in [-0.25, -0.2) is 4.98 Å². The summed E-state index contributed by atoms with van der Waals surface area (Å²) in [7, 11) is 0. The van der Waals surface area contributed by atoms with Gasteiger partial charge in [0, 0.05) is 10.6 Å². The number of halogens is 1. The minimum Gasteiger partial charge on any atom is -0.375 e. The van der Waals surface area contributed by atoms with Crippen molar-refractivity contribution in [1.29, 1.82) is 0 Å². The Morgan fingerprint density at radius 3 is 2.86 bits per heavy atom. The molecule has 2 nitrogen and oxygen atoms in total. The molecule has 0 spiro atoms. The fourth-order valence-corrected chi connectivity index (χ4v) is 3.80. The second-order valence-corrected chi connectivity index (χ2v) is 6.65. The Balaban J connectivity index is 1.94. The molecule has 0 saturated heterocycles. The standard InChI is InChI=1S/C8H7ClN2S3/c9-6-2-1-5(13-6)4-12-7-3-11-8(10)14-7/h1-3H,4H2,(H2,10,11). The van der Waals surface area contributed by atoms with E-state index in [2.05, 4.69) is 4.98 Å². The SMILES string of the molecule is Nc1ncc(SCc2ccc(Cl)s2)s1. The Morgan fingerprint density at radius 1 is 1.43 bits per heavy atom. The number of rotatable bonds is 3. The van der Waals surface area contributed by atoms with Crippen LogP contribution in [0.1, 0.15) is 4.88 Å². The average Bonchev–Trinajstić information content (AvgIpc) is 2.72. The largest absolute Gasteiger partial charge is 0.375 e. The molecule has 0 saturated carbocycles. The Bertz CT molecular complexity index is 383. The van der Waals surface area contributed by atoms with Crippen molar-refractivity contribution in [2.75, 3.05) is 5.73 Å². The van der Waals surface area contributed by atoms with Crippen molar-refractivity contribution in [3.8, 4) is 0 Å². The van der Waals surface area contributed by atoms with E-state index in [1.165, 1.54) is 16.2 Å². The summed E-state index contributed by atoms with van der Waals surface area (Å²) in [6.45, 7) is 0. The van der Waals surface area contributed by atoms with Crippen LogP contribution in [0.15, 0.2) is 22.5 Å². The third-order valence-corrected chi connectivity index (χ3v) is 4.97. The summed E-state index contributed by atoms with van der Waals surface area (Å²) in [4.78, 5) is 5.26. The van der Waals surface area contributed by atoms with Crippen LogP contribution in [0.3, 0.4) is 0 Å². The minimum atomic E-state index is 0.622. The van der Waals surface area contributed by atoms with Crippen LogP contribution in [0.2, 0.25) is 4.34 Å². The first-order chi connectivity index (χ1) is 6.74. The molecule has 0 aliphatic rings. The van der Waals surface area contributed by atoms with Gasteiger partial charge in [-0.3, -0.25) is 0 Å².